The molecule has 1 aromatic rings. The van der Waals surface area contributed by atoms with Gasteiger partial charge in [-0.15, -0.1) is 6.58 Å². The summed E-state index contributed by atoms with van der Waals surface area (Å²) < 4.78 is 0. The van der Waals surface area contributed by atoms with Crippen LogP contribution in [-0.4, -0.2) is 0 Å². The van der Waals surface area contributed by atoms with Gasteiger partial charge in [0.15, 0.2) is 0 Å². The monoisotopic (exact) mass is 362 g/mol. The summed E-state index contributed by atoms with van der Waals surface area (Å²) in [5.74, 6) is 5.00. The van der Waals surface area contributed by atoms with Crippen molar-refractivity contribution in [1.82, 2.24) is 0 Å². The molecule has 0 heterocycles. The Morgan fingerprint density at radius 1 is 0.741 bits per heavy atom. The molecule has 1 unspecified atom stereocenters. The minimum Gasteiger partial charge on any atom is -0.103 e. The highest BCUT2D eigenvalue weighted by Crippen LogP contribution is 2.46. The Labute approximate surface area is 167 Å². The maximum atomic E-state index is 3.93. The molecule has 2 saturated carbocycles. The number of hydrogen-bond donors (Lipinski definition) is 0. The van der Waals surface area contributed by atoms with Gasteiger partial charge in [-0.05, 0) is 118 Å². The second-order valence-corrected chi connectivity index (χ2v) is 9.61. The third-order valence-electron chi connectivity index (χ3n) is 8.14. The van der Waals surface area contributed by atoms with Crippen LogP contribution in [-0.2, 0) is 0 Å². The molecule has 0 aromatic heterocycles. The molecule has 0 heteroatoms. The first-order valence-electron chi connectivity index (χ1n) is 11.7. The van der Waals surface area contributed by atoms with Crippen molar-refractivity contribution in [1.29, 1.82) is 0 Å². The van der Waals surface area contributed by atoms with Crippen molar-refractivity contribution >= 4 is 5.57 Å². The Hall–Kier alpha value is -1.30. The van der Waals surface area contributed by atoms with Crippen molar-refractivity contribution in [2.75, 3.05) is 0 Å². The molecule has 0 spiro atoms. The summed E-state index contributed by atoms with van der Waals surface area (Å²) in [4.78, 5) is 0. The van der Waals surface area contributed by atoms with Crippen LogP contribution in [0.4, 0.5) is 0 Å². The zero-order valence-electron chi connectivity index (χ0n) is 17.1. The van der Waals surface area contributed by atoms with Gasteiger partial charge in [-0.2, -0.15) is 0 Å². The lowest BCUT2D eigenvalue weighted by atomic mass is 9.65. The van der Waals surface area contributed by atoms with E-state index in [1.807, 2.05) is 0 Å². The van der Waals surface area contributed by atoms with Crippen molar-refractivity contribution in [3.63, 3.8) is 0 Å². The molecule has 0 nitrogen and oxygen atoms in total. The molecule has 0 radical (unpaired) electrons. The lowest BCUT2D eigenvalue weighted by molar-refractivity contribution is 0.123. The number of benzene rings is 1. The van der Waals surface area contributed by atoms with Gasteiger partial charge in [0.2, 0.25) is 0 Å². The molecular formula is C27H38. The van der Waals surface area contributed by atoms with E-state index in [1.165, 1.54) is 82.6 Å². The fraction of sp³-hybridized carbons (Fsp3) is 0.630. The molecule has 0 aliphatic heterocycles. The SMILES string of the molecule is C=CC[C@H]1CC[C@H](C2CCC(C3CC=C(c4ccccc4)CC3)CC2)CC1. The van der Waals surface area contributed by atoms with Gasteiger partial charge < -0.3 is 0 Å². The zero-order chi connectivity index (χ0) is 18.5. The standard InChI is InChI=1S/C27H38/c1-2-6-21-9-11-23(12-10-21)25-17-19-27(20-18-25)26-15-13-24(14-16-26)22-7-4-3-5-8-22/h2-5,7-8,13,21,23,25-27H,1,6,9-12,14-20H2/t21-,23-,25?,26?,27?. The molecule has 1 aromatic carbocycles. The molecule has 1 atom stereocenters. The Kier molecular flexibility index (Phi) is 6.53. The van der Waals surface area contributed by atoms with Crippen LogP contribution in [0.1, 0.15) is 82.6 Å². The zero-order valence-corrected chi connectivity index (χ0v) is 17.1. The normalized spacial score (nSPS) is 34.7. The first-order valence-corrected chi connectivity index (χ1v) is 11.7. The van der Waals surface area contributed by atoms with Gasteiger partial charge in [-0.1, -0.05) is 42.5 Å². The fourth-order valence-electron chi connectivity index (χ4n) is 6.42. The van der Waals surface area contributed by atoms with Crippen LogP contribution >= 0.6 is 0 Å². The topological polar surface area (TPSA) is 0 Å². The van der Waals surface area contributed by atoms with E-state index in [0.717, 1.165) is 29.6 Å². The van der Waals surface area contributed by atoms with Crippen LogP contribution in [0.25, 0.3) is 5.57 Å². The van der Waals surface area contributed by atoms with E-state index in [9.17, 15) is 0 Å². The lowest BCUT2D eigenvalue weighted by Gasteiger charge is -2.40. The van der Waals surface area contributed by atoms with E-state index in [0.29, 0.717) is 0 Å². The van der Waals surface area contributed by atoms with E-state index in [4.69, 9.17) is 0 Å². The Morgan fingerprint density at radius 3 is 1.89 bits per heavy atom. The van der Waals surface area contributed by atoms with Crippen molar-refractivity contribution in [3.05, 3.63) is 54.6 Å². The van der Waals surface area contributed by atoms with Crippen molar-refractivity contribution < 1.29 is 0 Å². The third-order valence-corrected chi connectivity index (χ3v) is 8.14. The first kappa shape index (κ1) is 19.0. The van der Waals surface area contributed by atoms with Crippen LogP contribution in [0.15, 0.2) is 49.1 Å². The molecule has 0 N–H and O–H groups in total. The molecule has 27 heavy (non-hydrogen) atoms. The van der Waals surface area contributed by atoms with Gasteiger partial charge in [0, 0.05) is 0 Å². The average Bonchev–Trinajstić information content (AvgIpc) is 2.75. The fourth-order valence-corrected chi connectivity index (χ4v) is 6.42. The van der Waals surface area contributed by atoms with Crippen LogP contribution in [0, 0.1) is 29.6 Å². The number of hydrogen-bond acceptors (Lipinski definition) is 0. The van der Waals surface area contributed by atoms with E-state index in [2.05, 4.69) is 49.1 Å². The molecule has 146 valence electrons. The van der Waals surface area contributed by atoms with E-state index >= 15 is 0 Å². The van der Waals surface area contributed by atoms with Gasteiger partial charge in [0.1, 0.15) is 0 Å². The van der Waals surface area contributed by atoms with E-state index in [1.54, 1.807) is 5.57 Å². The molecular weight excluding hydrogens is 324 g/mol. The maximum absolute atomic E-state index is 3.93. The first-order chi connectivity index (χ1) is 13.3. The highest BCUT2D eigenvalue weighted by atomic mass is 14.4. The minimum atomic E-state index is 0.947. The Morgan fingerprint density at radius 2 is 1.33 bits per heavy atom. The van der Waals surface area contributed by atoms with Gasteiger partial charge in [-0.25, -0.2) is 0 Å². The number of allylic oxidation sites excluding steroid dienone is 3. The summed E-state index contributed by atoms with van der Waals surface area (Å²) in [5.41, 5.74) is 3.04. The molecule has 0 bridgehead atoms. The van der Waals surface area contributed by atoms with Gasteiger partial charge in [-0.3, -0.25) is 0 Å². The summed E-state index contributed by atoms with van der Waals surface area (Å²) in [5, 5.41) is 0. The Bertz CT molecular complexity index is 609. The second kappa shape index (κ2) is 9.26. The van der Waals surface area contributed by atoms with Crippen molar-refractivity contribution in [3.8, 4) is 0 Å². The number of rotatable bonds is 5. The second-order valence-electron chi connectivity index (χ2n) is 9.61. The highest BCUT2D eigenvalue weighted by Gasteiger charge is 2.33. The van der Waals surface area contributed by atoms with Crippen molar-refractivity contribution in [2.24, 2.45) is 29.6 Å². The van der Waals surface area contributed by atoms with Crippen molar-refractivity contribution in [2.45, 2.75) is 77.0 Å². The predicted octanol–water partition coefficient (Wildman–Crippen LogP) is 8.06. The molecule has 3 aliphatic rings. The van der Waals surface area contributed by atoms with Gasteiger partial charge in [0.25, 0.3) is 0 Å². The van der Waals surface area contributed by atoms with Crippen LogP contribution in [0.3, 0.4) is 0 Å². The van der Waals surface area contributed by atoms with Gasteiger partial charge in [0.05, 0.1) is 0 Å². The smallest absolute Gasteiger partial charge is 0.0228 e. The largest absolute Gasteiger partial charge is 0.103 e. The summed E-state index contributed by atoms with van der Waals surface area (Å²) in [6, 6.07) is 11.0. The summed E-state index contributed by atoms with van der Waals surface area (Å²) >= 11 is 0. The highest BCUT2D eigenvalue weighted by molar-refractivity contribution is 5.66. The van der Waals surface area contributed by atoms with Crippen LogP contribution in [0.2, 0.25) is 0 Å². The molecule has 4 rings (SSSR count). The molecule has 3 aliphatic carbocycles. The Balaban J connectivity index is 1.23. The minimum absolute atomic E-state index is 0.947. The predicted molar refractivity (Wildman–Crippen MR) is 117 cm³/mol. The summed E-state index contributed by atoms with van der Waals surface area (Å²) in [6.07, 6.45) is 22.0. The van der Waals surface area contributed by atoms with Crippen LogP contribution in [0.5, 0.6) is 0 Å². The molecule has 2 fully saturated rings. The quantitative estimate of drug-likeness (QED) is 0.465. The maximum Gasteiger partial charge on any atom is -0.0228 e. The molecule has 0 amide bonds. The van der Waals surface area contributed by atoms with E-state index < -0.39 is 0 Å². The van der Waals surface area contributed by atoms with Crippen LogP contribution < -0.4 is 0 Å². The summed E-state index contributed by atoms with van der Waals surface area (Å²) in [6.45, 7) is 3.93. The lowest BCUT2D eigenvalue weighted by Crippen LogP contribution is -2.28. The average molecular weight is 363 g/mol. The third kappa shape index (κ3) is 4.76. The van der Waals surface area contributed by atoms with Gasteiger partial charge >= 0.3 is 0 Å². The van der Waals surface area contributed by atoms with E-state index in [-0.39, 0.29) is 0 Å². The molecule has 0 saturated heterocycles. The summed E-state index contributed by atoms with van der Waals surface area (Å²) in [7, 11) is 0.